The first kappa shape index (κ1) is 18.3. The summed E-state index contributed by atoms with van der Waals surface area (Å²) in [6, 6.07) is 12.5. The van der Waals surface area contributed by atoms with Crippen LogP contribution in [0.4, 0.5) is 0 Å². The number of aryl methyl sites for hydroxylation is 1. The van der Waals surface area contributed by atoms with E-state index < -0.39 is 5.97 Å². The van der Waals surface area contributed by atoms with Crippen LogP contribution in [0.2, 0.25) is 0 Å². The van der Waals surface area contributed by atoms with Gasteiger partial charge in [-0.3, -0.25) is 4.79 Å². The number of benzene rings is 2. The van der Waals surface area contributed by atoms with Crippen LogP contribution in [-0.2, 0) is 16.1 Å². The molecule has 0 saturated heterocycles. The number of nitrogens with one attached hydrogen (secondary N) is 1. The first-order valence-corrected chi connectivity index (χ1v) is 7.75. The molecule has 0 heterocycles. The van der Waals surface area contributed by atoms with Crippen LogP contribution in [0.15, 0.2) is 42.5 Å². The minimum atomic E-state index is -0.600. The maximum Gasteiger partial charge on any atom is 0.342 e. The number of rotatable bonds is 7. The average Bonchev–Trinajstić information content (AvgIpc) is 2.64. The Kier molecular flexibility index (Phi) is 6.39. The molecule has 0 aliphatic heterocycles. The Morgan fingerprint density at radius 1 is 1.04 bits per heavy atom. The third-order valence-corrected chi connectivity index (χ3v) is 3.53. The van der Waals surface area contributed by atoms with Gasteiger partial charge in [-0.25, -0.2) is 4.79 Å². The lowest BCUT2D eigenvalue weighted by Gasteiger charge is -2.10. The fourth-order valence-electron chi connectivity index (χ4n) is 2.22. The summed E-state index contributed by atoms with van der Waals surface area (Å²) in [6.07, 6.45) is 0. The van der Waals surface area contributed by atoms with Crippen LogP contribution in [0.5, 0.6) is 11.5 Å². The number of hydrogen-bond acceptors (Lipinski definition) is 5. The molecule has 6 nitrogen and oxygen atoms in total. The molecule has 6 heteroatoms. The third kappa shape index (κ3) is 5.24. The Morgan fingerprint density at radius 3 is 2.56 bits per heavy atom. The van der Waals surface area contributed by atoms with Gasteiger partial charge in [0.15, 0.2) is 6.61 Å². The van der Waals surface area contributed by atoms with E-state index in [0.717, 1.165) is 11.1 Å². The summed E-state index contributed by atoms with van der Waals surface area (Å²) in [7, 11) is 3.05. The molecular weight excluding hydrogens is 322 g/mol. The van der Waals surface area contributed by atoms with Crippen LogP contribution in [0, 0.1) is 6.92 Å². The van der Waals surface area contributed by atoms with Crippen molar-refractivity contribution in [3.63, 3.8) is 0 Å². The van der Waals surface area contributed by atoms with E-state index >= 15 is 0 Å². The van der Waals surface area contributed by atoms with Gasteiger partial charge in [0.2, 0.25) is 0 Å². The van der Waals surface area contributed by atoms with Crippen molar-refractivity contribution in [2.45, 2.75) is 13.5 Å². The standard InChI is InChI=1S/C19H21NO5/c1-13-7-8-17(24-3)16(9-13)19(22)25-12-18(21)20-11-14-5-4-6-15(10-14)23-2/h4-10H,11-12H2,1-3H3,(H,20,21). The van der Waals surface area contributed by atoms with Gasteiger partial charge < -0.3 is 19.5 Å². The zero-order valence-electron chi connectivity index (χ0n) is 14.5. The van der Waals surface area contributed by atoms with Crippen molar-refractivity contribution in [2.75, 3.05) is 20.8 Å². The van der Waals surface area contributed by atoms with Crippen LogP contribution in [0.3, 0.4) is 0 Å². The maximum absolute atomic E-state index is 12.1. The Labute approximate surface area is 146 Å². The molecule has 1 N–H and O–H groups in total. The Morgan fingerprint density at radius 2 is 1.84 bits per heavy atom. The van der Waals surface area contributed by atoms with Crippen molar-refractivity contribution in [2.24, 2.45) is 0 Å². The summed E-state index contributed by atoms with van der Waals surface area (Å²) in [4.78, 5) is 24.0. The summed E-state index contributed by atoms with van der Waals surface area (Å²) in [6.45, 7) is 1.82. The molecule has 0 aliphatic carbocycles. The Hall–Kier alpha value is -3.02. The lowest BCUT2D eigenvalue weighted by atomic mass is 10.1. The van der Waals surface area contributed by atoms with Crippen molar-refractivity contribution < 1.29 is 23.8 Å². The molecule has 0 radical (unpaired) electrons. The van der Waals surface area contributed by atoms with Crippen LogP contribution in [-0.4, -0.2) is 32.7 Å². The van der Waals surface area contributed by atoms with Crippen molar-refractivity contribution in [3.05, 3.63) is 59.2 Å². The second-order valence-corrected chi connectivity index (χ2v) is 5.41. The topological polar surface area (TPSA) is 73.9 Å². The Balaban J connectivity index is 1.87. The monoisotopic (exact) mass is 343 g/mol. The summed E-state index contributed by atoms with van der Waals surface area (Å²) < 4.78 is 15.3. The maximum atomic E-state index is 12.1. The molecule has 0 unspecified atom stereocenters. The summed E-state index contributed by atoms with van der Waals surface area (Å²) in [5.41, 5.74) is 2.08. The van der Waals surface area contributed by atoms with E-state index in [9.17, 15) is 9.59 Å². The molecule has 2 rings (SSSR count). The van der Waals surface area contributed by atoms with Gasteiger partial charge in [-0.1, -0.05) is 23.8 Å². The van der Waals surface area contributed by atoms with E-state index in [1.54, 1.807) is 19.2 Å². The fourth-order valence-corrected chi connectivity index (χ4v) is 2.22. The molecule has 0 saturated carbocycles. The van der Waals surface area contributed by atoms with Gasteiger partial charge in [0.1, 0.15) is 17.1 Å². The predicted molar refractivity (Wildman–Crippen MR) is 92.9 cm³/mol. The fraction of sp³-hybridized carbons (Fsp3) is 0.263. The molecule has 1 amide bonds. The molecule has 0 spiro atoms. The molecule has 25 heavy (non-hydrogen) atoms. The highest BCUT2D eigenvalue weighted by atomic mass is 16.5. The van der Waals surface area contributed by atoms with Crippen molar-refractivity contribution >= 4 is 11.9 Å². The molecule has 0 aliphatic rings. The SMILES string of the molecule is COc1cccc(CNC(=O)COC(=O)c2cc(C)ccc2OC)c1. The van der Waals surface area contributed by atoms with E-state index in [0.29, 0.717) is 23.6 Å². The van der Waals surface area contributed by atoms with Crippen LogP contribution < -0.4 is 14.8 Å². The zero-order chi connectivity index (χ0) is 18.2. The van der Waals surface area contributed by atoms with Gasteiger partial charge in [-0.2, -0.15) is 0 Å². The predicted octanol–water partition coefficient (Wildman–Crippen LogP) is 2.49. The highest BCUT2D eigenvalue weighted by Crippen LogP contribution is 2.20. The lowest BCUT2D eigenvalue weighted by molar-refractivity contribution is -0.124. The number of hydrogen-bond donors (Lipinski definition) is 1. The highest BCUT2D eigenvalue weighted by molar-refractivity contribution is 5.94. The summed E-state index contributed by atoms with van der Waals surface area (Å²) in [5.74, 6) is 0.136. The summed E-state index contributed by atoms with van der Waals surface area (Å²) >= 11 is 0. The zero-order valence-corrected chi connectivity index (χ0v) is 14.5. The molecular formula is C19H21NO5. The van der Waals surface area contributed by atoms with Gasteiger partial charge >= 0.3 is 5.97 Å². The first-order chi connectivity index (χ1) is 12.0. The quantitative estimate of drug-likeness (QED) is 0.782. The molecule has 0 aromatic heterocycles. The van der Waals surface area contributed by atoms with Crippen molar-refractivity contribution in [1.29, 1.82) is 0 Å². The number of amides is 1. The van der Waals surface area contributed by atoms with Crippen molar-refractivity contribution in [3.8, 4) is 11.5 Å². The third-order valence-electron chi connectivity index (χ3n) is 3.53. The largest absolute Gasteiger partial charge is 0.497 e. The van der Waals surface area contributed by atoms with E-state index in [-0.39, 0.29) is 12.5 Å². The van der Waals surface area contributed by atoms with Gasteiger partial charge in [-0.05, 0) is 36.8 Å². The first-order valence-electron chi connectivity index (χ1n) is 7.75. The van der Waals surface area contributed by atoms with E-state index in [2.05, 4.69) is 5.32 Å². The minimum absolute atomic E-state index is 0.295. The lowest BCUT2D eigenvalue weighted by Crippen LogP contribution is -2.28. The minimum Gasteiger partial charge on any atom is -0.497 e. The van der Waals surface area contributed by atoms with Crippen LogP contribution in [0.25, 0.3) is 0 Å². The number of ether oxygens (including phenoxy) is 3. The molecule has 0 bridgehead atoms. The molecule has 2 aromatic rings. The second kappa shape index (κ2) is 8.73. The highest BCUT2D eigenvalue weighted by Gasteiger charge is 2.15. The van der Waals surface area contributed by atoms with E-state index in [1.807, 2.05) is 37.3 Å². The second-order valence-electron chi connectivity index (χ2n) is 5.41. The molecule has 2 aromatic carbocycles. The van der Waals surface area contributed by atoms with Crippen LogP contribution >= 0.6 is 0 Å². The molecule has 0 atom stereocenters. The smallest absolute Gasteiger partial charge is 0.342 e. The number of carbonyl (C=O) groups is 2. The molecule has 132 valence electrons. The van der Waals surface area contributed by atoms with E-state index in [1.165, 1.54) is 7.11 Å². The van der Waals surface area contributed by atoms with Gasteiger partial charge in [-0.15, -0.1) is 0 Å². The van der Waals surface area contributed by atoms with Gasteiger partial charge in [0, 0.05) is 6.54 Å². The van der Waals surface area contributed by atoms with Crippen molar-refractivity contribution in [1.82, 2.24) is 5.32 Å². The van der Waals surface area contributed by atoms with Gasteiger partial charge in [0.25, 0.3) is 5.91 Å². The average molecular weight is 343 g/mol. The number of methoxy groups -OCH3 is 2. The van der Waals surface area contributed by atoms with Crippen LogP contribution in [0.1, 0.15) is 21.5 Å². The van der Waals surface area contributed by atoms with Gasteiger partial charge in [0.05, 0.1) is 14.2 Å². The number of carbonyl (C=O) groups excluding carboxylic acids is 2. The Bertz CT molecular complexity index is 757. The van der Waals surface area contributed by atoms with E-state index in [4.69, 9.17) is 14.2 Å². The normalized spacial score (nSPS) is 10.0. The number of esters is 1. The summed E-state index contributed by atoms with van der Waals surface area (Å²) in [5, 5.41) is 2.69. The molecule has 0 fully saturated rings.